The summed E-state index contributed by atoms with van der Waals surface area (Å²) in [5, 5.41) is 8.04. The number of hydrogen-bond acceptors (Lipinski definition) is 2. The molecule has 0 amide bonds. The SMILES string of the molecule is CC(=CCCNCC(C)C)Cc1ccn(C(C)C)n1. The van der Waals surface area contributed by atoms with Crippen LogP contribution in [0, 0.1) is 5.92 Å². The fourth-order valence-corrected chi connectivity index (χ4v) is 1.93. The molecule has 0 unspecified atom stereocenters. The molecule has 19 heavy (non-hydrogen) atoms. The average molecular weight is 263 g/mol. The van der Waals surface area contributed by atoms with E-state index >= 15 is 0 Å². The number of aromatic nitrogens is 2. The van der Waals surface area contributed by atoms with Crippen molar-refractivity contribution in [3.63, 3.8) is 0 Å². The summed E-state index contributed by atoms with van der Waals surface area (Å²) in [6.07, 6.45) is 6.45. The van der Waals surface area contributed by atoms with Gasteiger partial charge in [0.15, 0.2) is 0 Å². The second kappa shape index (κ2) is 8.16. The van der Waals surface area contributed by atoms with Crippen molar-refractivity contribution >= 4 is 0 Å². The Morgan fingerprint density at radius 3 is 2.68 bits per heavy atom. The molecule has 0 spiro atoms. The lowest BCUT2D eigenvalue weighted by Crippen LogP contribution is -2.20. The van der Waals surface area contributed by atoms with Crippen LogP contribution in [-0.4, -0.2) is 22.9 Å². The average Bonchev–Trinajstić information content (AvgIpc) is 2.76. The third kappa shape index (κ3) is 6.58. The zero-order valence-corrected chi connectivity index (χ0v) is 13.1. The smallest absolute Gasteiger partial charge is 0.0664 e. The monoisotopic (exact) mass is 263 g/mol. The summed E-state index contributed by atoms with van der Waals surface area (Å²) in [7, 11) is 0. The van der Waals surface area contributed by atoms with E-state index in [2.05, 4.69) is 63.4 Å². The Morgan fingerprint density at radius 2 is 2.11 bits per heavy atom. The molecule has 3 nitrogen and oxygen atoms in total. The second-order valence-electron chi connectivity index (χ2n) is 5.99. The van der Waals surface area contributed by atoms with E-state index in [1.54, 1.807) is 0 Å². The maximum atomic E-state index is 4.58. The van der Waals surface area contributed by atoms with Gasteiger partial charge in [0.05, 0.1) is 5.69 Å². The van der Waals surface area contributed by atoms with Gasteiger partial charge in [-0.1, -0.05) is 25.5 Å². The highest BCUT2D eigenvalue weighted by molar-refractivity contribution is 5.12. The van der Waals surface area contributed by atoms with Crippen molar-refractivity contribution < 1.29 is 0 Å². The predicted octanol–water partition coefficient (Wildman–Crippen LogP) is 3.59. The Balaban J connectivity index is 2.30. The molecule has 0 saturated heterocycles. The molecule has 1 heterocycles. The molecule has 0 aliphatic carbocycles. The zero-order valence-electron chi connectivity index (χ0n) is 13.1. The molecule has 1 N–H and O–H groups in total. The summed E-state index contributed by atoms with van der Waals surface area (Å²) >= 11 is 0. The van der Waals surface area contributed by atoms with E-state index in [1.807, 2.05) is 4.68 Å². The van der Waals surface area contributed by atoms with Crippen molar-refractivity contribution in [2.45, 2.75) is 53.5 Å². The lowest BCUT2D eigenvalue weighted by molar-refractivity contribution is 0.527. The highest BCUT2D eigenvalue weighted by Gasteiger charge is 2.02. The standard InChI is InChI=1S/C16H29N3/c1-13(2)12-17-9-6-7-15(5)11-16-8-10-19(18-16)14(3)4/h7-8,10,13-14,17H,6,9,11-12H2,1-5H3. The number of nitrogens with zero attached hydrogens (tertiary/aromatic N) is 2. The third-order valence-electron chi connectivity index (χ3n) is 3.02. The van der Waals surface area contributed by atoms with Crippen LogP contribution in [0.2, 0.25) is 0 Å². The summed E-state index contributed by atoms with van der Waals surface area (Å²) < 4.78 is 2.02. The molecule has 1 aromatic heterocycles. The topological polar surface area (TPSA) is 29.9 Å². The quantitative estimate of drug-likeness (QED) is 0.574. The van der Waals surface area contributed by atoms with Crippen LogP contribution in [0.1, 0.15) is 52.8 Å². The number of allylic oxidation sites excluding steroid dienone is 1. The summed E-state index contributed by atoms with van der Waals surface area (Å²) in [6.45, 7) is 13.1. The van der Waals surface area contributed by atoms with Crippen molar-refractivity contribution in [1.29, 1.82) is 0 Å². The third-order valence-corrected chi connectivity index (χ3v) is 3.02. The largest absolute Gasteiger partial charge is 0.316 e. The maximum absolute atomic E-state index is 4.58. The van der Waals surface area contributed by atoms with Crippen molar-refractivity contribution in [3.8, 4) is 0 Å². The molecule has 1 aromatic rings. The van der Waals surface area contributed by atoms with Crippen LogP contribution in [0.3, 0.4) is 0 Å². The van der Waals surface area contributed by atoms with Gasteiger partial charge in [-0.15, -0.1) is 0 Å². The van der Waals surface area contributed by atoms with Gasteiger partial charge >= 0.3 is 0 Å². The highest BCUT2D eigenvalue weighted by atomic mass is 15.3. The number of nitrogens with one attached hydrogen (secondary N) is 1. The van der Waals surface area contributed by atoms with Gasteiger partial charge in [-0.2, -0.15) is 5.10 Å². The Morgan fingerprint density at radius 1 is 1.37 bits per heavy atom. The Kier molecular flexibility index (Phi) is 6.85. The van der Waals surface area contributed by atoms with Gasteiger partial charge in [0.2, 0.25) is 0 Å². The molecule has 0 aliphatic rings. The molecule has 108 valence electrons. The Bertz CT molecular complexity index is 388. The molecule has 0 aromatic carbocycles. The molecule has 1 rings (SSSR count). The lowest BCUT2D eigenvalue weighted by Gasteiger charge is -2.06. The normalized spacial score (nSPS) is 12.7. The molecule has 0 bridgehead atoms. The van der Waals surface area contributed by atoms with Crippen LogP contribution in [-0.2, 0) is 6.42 Å². The van der Waals surface area contributed by atoms with E-state index in [0.717, 1.165) is 37.5 Å². The first-order chi connectivity index (χ1) is 8.99. The molecule has 3 heteroatoms. The van der Waals surface area contributed by atoms with Crippen molar-refractivity contribution in [2.24, 2.45) is 5.92 Å². The van der Waals surface area contributed by atoms with Crippen LogP contribution in [0.4, 0.5) is 0 Å². The van der Waals surface area contributed by atoms with Crippen LogP contribution >= 0.6 is 0 Å². The Labute approximate surface area is 118 Å². The van der Waals surface area contributed by atoms with E-state index < -0.39 is 0 Å². The predicted molar refractivity (Wildman–Crippen MR) is 82.4 cm³/mol. The number of hydrogen-bond donors (Lipinski definition) is 1. The molecule has 0 aliphatic heterocycles. The van der Waals surface area contributed by atoms with Crippen molar-refractivity contribution in [2.75, 3.05) is 13.1 Å². The molecule has 0 atom stereocenters. The zero-order chi connectivity index (χ0) is 14.3. The van der Waals surface area contributed by atoms with Crippen molar-refractivity contribution in [3.05, 3.63) is 29.6 Å². The fourth-order valence-electron chi connectivity index (χ4n) is 1.93. The lowest BCUT2D eigenvalue weighted by atomic mass is 10.1. The van der Waals surface area contributed by atoms with Crippen LogP contribution in [0.25, 0.3) is 0 Å². The van der Waals surface area contributed by atoms with Gasteiger partial charge in [-0.05, 0) is 52.3 Å². The van der Waals surface area contributed by atoms with Crippen molar-refractivity contribution in [1.82, 2.24) is 15.1 Å². The Hall–Kier alpha value is -1.09. The highest BCUT2D eigenvalue weighted by Crippen LogP contribution is 2.09. The molecule has 0 radical (unpaired) electrons. The van der Waals surface area contributed by atoms with E-state index in [-0.39, 0.29) is 0 Å². The first-order valence-electron chi connectivity index (χ1n) is 7.39. The molecule has 0 saturated carbocycles. The van der Waals surface area contributed by atoms with Gasteiger partial charge in [-0.25, -0.2) is 0 Å². The van der Waals surface area contributed by atoms with E-state index in [9.17, 15) is 0 Å². The van der Waals surface area contributed by atoms with Crippen LogP contribution in [0.5, 0.6) is 0 Å². The van der Waals surface area contributed by atoms with Gasteiger partial charge in [0.25, 0.3) is 0 Å². The van der Waals surface area contributed by atoms with E-state index in [1.165, 1.54) is 5.57 Å². The number of rotatable bonds is 8. The van der Waals surface area contributed by atoms with Crippen LogP contribution < -0.4 is 5.32 Å². The summed E-state index contributed by atoms with van der Waals surface area (Å²) in [5.41, 5.74) is 2.57. The van der Waals surface area contributed by atoms with Gasteiger partial charge < -0.3 is 5.32 Å². The fraction of sp³-hybridized carbons (Fsp3) is 0.688. The summed E-state index contributed by atoms with van der Waals surface area (Å²) in [5.74, 6) is 0.727. The summed E-state index contributed by atoms with van der Waals surface area (Å²) in [4.78, 5) is 0. The molecular weight excluding hydrogens is 234 g/mol. The second-order valence-corrected chi connectivity index (χ2v) is 5.99. The minimum Gasteiger partial charge on any atom is -0.316 e. The van der Waals surface area contributed by atoms with Gasteiger partial charge in [-0.3, -0.25) is 4.68 Å². The minimum absolute atomic E-state index is 0.443. The van der Waals surface area contributed by atoms with E-state index in [0.29, 0.717) is 6.04 Å². The molecular formula is C16H29N3. The van der Waals surface area contributed by atoms with Gasteiger partial charge in [0.1, 0.15) is 0 Å². The summed E-state index contributed by atoms with van der Waals surface area (Å²) in [6, 6.07) is 2.56. The molecule has 0 fully saturated rings. The maximum Gasteiger partial charge on any atom is 0.0664 e. The minimum atomic E-state index is 0.443. The first-order valence-corrected chi connectivity index (χ1v) is 7.39. The van der Waals surface area contributed by atoms with E-state index in [4.69, 9.17) is 0 Å². The first kappa shape index (κ1) is 16.0. The van der Waals surface area contributed by atoms with Crippen LogP contribution in [0.15, 0.2) is 23.9 Å². The van der Waals surface area contributed by atoms with Gasteiger partial charge in [0, 0.05) is 18.7 Å².